The summed E-state index contributed by atoms with van der Waals surface area (Å²) in [5, 5.41) is 2.94. The molecule has 1 aromatic heterocycles. The highest BCUT2D eigenvalue weighted by atomic mass is 16.5. The van der Waals surface area contributed by atoms with E-state index in [2.05, 4.69) is 10.3 Å². The number of imidazole rings is 1. The zero-order valence-electron chi connectivity index (χ0n) is 13.9. The van der Waals surface area contributed by atoms with Gasteiger partial charge in [0.15, 0.2) is 0 Å². The number of hydrogen-bond acceptors (Lipinski definition) is 3. The first kappa shape index (κ1) is 16.1. The Morgan fingerprint density at radius 1 is 1.12 bits per heavy atom. The molecule has 124 valence electrons. The number of aromatic nitrogens is 2. The fraction of sp³-hybridized carbons (Fsp3) is 0.263. The third kappa shape index (κ3) is 3.56. The number of nitrogens with zero attached hydrogens (tertiary/aromatic N) is 2. The van der Waals surface area contributed by atoms with Crippen LogP contribution in [0.5, 0.6) is 6.01 Å². The largest absolute Gasteiger partial charge is 0.462 e. The summed E-state index contributed by atoms with van der Waals surface area (Å²) in [6.45, 7) is 4.38. The van der Waals surface area contributed by atoms with Crippen molar-refractivity contribution in [3.05, 3.63) is 60.2 Å². The van der Waals surface area contributed by atoms with Gasteiger partial charge in [-0.2, -0.15) is 4.98 Å². The lowest BCUT2D eigenvalue weighted by atomic mass is 10.1. The SMILES string of the molecule is CC(C)Oc1nc2ccccc2n1C(=O)NCCc1ccccc1. The van der Waals surface area contributed by atoms with Gasteiger partial charge < -0.3 is 10.1 Å². The van der Waals surface area contributed by atoms with E-state index in [9.17, 15) is 4.79 Å². The second kappa shape index (κ2) is 7.17. The highest BCUT2D eigenvalue weighted by Gasteiger charge is 2.18. The van der Waals surface area contributed by atoms with Crippen LogP contribution in [0, 0.1) is 0 Å². The topological polar surface area (TPSA) is 56.2 Å². The molecule has 0 radical (unpaired) electrons. The molecule has 3 aromatic rings. The normalized spacial score (nSPS) is 11.0. The van der Waals surface area contributed by atoms with Crippen LogP contribution in [0.15, 0.2) is 54.6 Å². The van der Waals surface area contributed by atoms with E-state index < -0.39 is 0 Å². The van der Waals surface area contributed by atoms with Crippen molar-refractivity contribution in [2.24, 2.45) is 0 Å². The van der Waals surface area contributed by atoms with Crippen LogP contribution in [0.25, 0.3) is 11.0 Å². The second-order valence-electron chi connectivity index (χ2n) is 5.85. The molecule has 0 atom stereocenters. The molecular weight excluding hydrogens is 302 g/mol. The lowest BCUT2D eigenvalue weighted by molar-refractivity contribution is 0.208. The van der Waals surface area contributed by atoms with Gasteiger partial charge in [0.1, 0.15) is 0 Å². The third-order valence-corrected chi connectivity index (χ3v) is 3.61. The van der Waals surface area contributed by atoms with Crippen molar-refractivity contribution in [1.29, 1.82) is 0 Å². The molecular formula is C19H21N3O2. The van der Waals surface area contributed by atoms with Crippen LogP contribution in [-0.2, 0) is 6.42 Å². The van der Waals surface area contributed by atoms with E-state index >= 15 is 0 Å². The van der Waals surface area contributed by atoms with Crippen molar-refractivity contribution < 1.29 is 9.53 Å². The van der Waals surface area contributed by atoms with Gasteiger partial charge in [-0.1, -0.05) is 42.5 Å². The van der Waals surface area contributed by atoms with Crippen molar-refractivity contribution in [3.8, 4) is 6.01 Å². The Labute approximate surface area is 141 Å². The minimum atomic E-state index is -0.227. The van der Waals surface area contributed by atoms with Gasteiger partial charge in [0.25, 0.3) is 0 Å². The van der Waals surface area contributed by atoms with Gasteiger partial charge >= 0.3 is 12.0 Å². The van der Waals surface area contributed by atoms with Gasteiger partial charge in [-0.3, -0.25) is 0 Å². The molecule has 1 heterocycles. The Balaban J connectivity index is 1.78. The number of rotatable bonds is 5. The summed E-state index contributed by atoms with van der Waals surface area (Å²) in [7, 11) is 0. The standard InChI is InChI=1S/C19H21N3O2/c1-14(2)24-19-21-16-10-6-7-11-17(16)22(19)18(23)20-13-12-15-8-4-3-5-9-15/h3-11,14H,12-13H2,1-2H3,(H,20,23). The number of carbonyl (C=O) groups excluding carboxylic acids is 1. The van der Waals surface area contributed by atoms with Gasteiger partial charge in [0.2, 0.25) is 0 Å². The van der Waals surface area contributed by atoms with E-state index in [1.165, 1.54) is 10.1 Å². The zero-order valence-corrected chi connectivity index (χ0v) is 13.9. The van der Waals surface area contributed by atoms with Gasteiger partial charge in [-0.25, -0.2) is 9.36 Å². The Hall–Kier alpha value is -2.82. The summed E-state index contributed by atoms with van der Waals surface area (Å²) in [6, 6.07) is 17.7. The molecule has 24 heavy (non-hydrogen) atoms. The number of benzene rings is 2. The average Bonchev–Trinajstić information content (AvgIpc) is 2.92. The highest BCUT2D eigenvalue weighted by molar-refractivity contribution is 5.90. The van der Waals surface area contributed by atoms with Gasteiger partial charge in [-0.05, 0) is 38.0 Å². The van der Waals surface area contributed by atoms with E-state index in [1.54, 1.807) is 0 Å². The fourth-order valence-corrected chi connectivity index (χ4v) is 2.53. The monoisotopic (exact) mass is 323 g/mol. The maximum atomic E-state index is 12.6. The van der Waals surface area contributed by atoms with Crippen molar-refractivity contribution in [1.82, 2.24) is 14.9 Å². The molecule has 0 aliphatic rings. The number of nitrogens with one attached hydrogen (secondary N) is 1. The first-order chi connectivity index (χ1) is 11.6. The molecule has 0 spiro atoms. The lowest BCUT2D eigenvalue weighted by Gasteiger charge is -2.12. The van der Waals surface area contributed by atoms with Crippen LogP contribution < -0.4 is 10.1 Å². The van der Waals surface area contributed by atoms with Gasteiger partial charge in [0, 0.05) is 6.54 Å². The Bertz CT molecular complexity index is 825. The lowest BCUT2D eigenvalue weighted by Crippen LogP contribution is -2.31. The molecule has 0 unspecified atom stereocenters. The molecule has 5 nitrogen and oxygen atoms in total. The highest BCUT2D eigenvalue weighted by Crippen LogP contribution is 2.21. The van der Waals surface area contributed by atoms with Crippen LogP contribution in [0.3, 0.4) is 0 Å². The number of amides is 1. The smallest absolute Gasteiger partial charge is 0.330 e. The minimum absolute atomic E-state index is 0.0577. The maximum absolute atomic E-state index is 12.6. The summed E-state index contributed by atoms with van der Waals surface area (Å²) in [5.74, 6) is 0. The van der Waals surface area contributed by atoms with Crippen molar-refractivity contribution in [2.75, 3.05) is 6.54 Å². The van der Waals surface area contributed by atoms with Crippen molar-refractivity contribution in [3.63, 3.8) is 0 Å². The number of carbonyl (C=O) groups is 1. The first-order valence-electron chi connectivity index (χ1n) is 8.11. The Kier molecular flexibility index (Phi) is 4.79. The third-order valence-electron chi connectivity index (χ3n) is 3.61. The average molecular weight is 323 g/mol. The summed E-state index contributed by atoms with van der Waals surface area (Å²) >= 11 is 0. The quantitative estimate of drug-likeness (QED) is 0.780. The van der Waals surface area contributed by atoms with Crippen molar-refractivity contribution >= 4 is 17.1 Å². The summed E-state index contributed by atoms with van der Waals surface area (Å²) in [6.07, 6.45) is 0.720. The van der Waals surface area contributed by atoms with Gasteiger partial charge in [0.05, 0.1) is 17.1 Å². The second-order valence-corrected chi connectivity index (χ2v) is 5.85. The molecule has 5 heteroatoms. The van der Waals surface area contributed by atoms with Gasteiger partial charge in [-0.15, -0.1) is 0 Å². The van der Waals surface area contributed by atoms with Crippen LogP contribution in [0.1, 0.15) is 19.4 Å². The minimum Gasteiger partial charge on any atom is -0.462 e. The van der Waals surface area contributed by atoms with E-state index in [0.717, 1.165) is 17.5 Å². The van der Waals surface area contributed by atoms with E-state index in [0.29, 0.717) is 12.6 Å². The summed E-state index contributed by atoms with van der Waals surface area (Å²) in [5.41, 5.74) is 2.67. The zero-order chi connectivity index (χ0) is 16.9. The molecule has 1 amide bonds. The summed E-state index contributed by atoms with van der Waals surface area (Å²) in [4.78, 5) is 17.1. The summed E-state index contributed by atoms with van der Waals surface area (Å²) < 4.78 is 7.21. The fourth-order valence-electron chi connectivity index (χ4n) is 2.53. The van der Waals surface area contributed by atoms with E-state index in [1.807, 2.05) is 68.4 Å². The number of ether oxygens (including phenoxy) is 1. The first-order valence-corrected chi connectivity index (χ1v) is 8.11. The number of para-hydroxylation sites is 2. The predicted molar refractivity (Wildman–Crippen MR) is 94.4 cm³/mol. The van der Waals surface area contributed by atoms with Crippen LogP contribution in [0.2, 0.25) is 0 Å². The van der Waals surface area contributed by atoms with Crippen LogP contribution >= 0.6 is 0 Å². The van der Waals surface area contributed by atoms with Crippen LogP contribution in [-0.4, -0.2) is 28.2 Å². The molecule has 0 fully saturated rings. The maximum Gasteiger partial charge on any atom is 0.330 e. The predicted octanol–water partition coefficient (Wildman–Crippen LogP) is 3.62. The molecule has 0 aliphatic carbocycles. The molecule has 0 bridgehead atoms. The number of fused-ring (bicyclic) bond motifs is 1. The van der Waals surface area contributed by atoms with Crippen LogP contribution in [0.4, 0.5) is 4.79 Å². The molecule has 2 aromatic carbocycles. The van der Waals surface area contributed by atoms with E-state index in [-0.39, 0.29) is 12.1 Å². The molecule has 0 saturated heterocycles. The van der Waals surface area contributed by atoms with Crippen molar-refractivity contribution in [2.45, 2.75) is 26.4 Å². The Morgan fingerprint density at radius 3 is 2.58 bits per heavy atom. The number of hydrogen-bond donors (Lipinski definition) is 1. The molecule has 1 N–H and O–H groups in total. The molecule has 3 rings (SSSR count). The molecule has 0 saturated carbocycles. The molecule has 0 aliphatic heterocycles. The Morgan fingerprint density at radius 2 is 1.83 bits per heavy atom. The van der Waals surface area contributed by atoms with E-state index in [4.69, 9.17) is 4.74 Å².